The summed E-state index contributed by atoms with van der Waals surface area (Å²) in [4.78, 5) is 23.3. The van der Waals surface area contributed by atoms with E-state index in [1.54, 1.807) is 0 Å². The Labute approximate surface area is 426 Å². The summed E-state index contributed by atoms with van der Waals surface area (Å²) in [6, 6.07) is 0. The number of allylic oxidation sites excluding steroid dienone is 10. The fourth-order valence-corrected chi connectivity index (χ4v) is 9.37. The Morgan fingerprint density at radius 2 is 0.800 bits per heavy atom. The molecule has 1 saturated carbocycles. The second-order valence-electron chi connectivity index (χ2n) is 19.4. The van der Waals surface area contributed by atoms with Gasteiger partial charge in [0.05, 0.1) is 13.2 Å². The molecule has 0 aromatic rings. The summed E-state index contributed by atoms with van der Waals surface area (Å²) in [7, 11) is -5.03. The number of esters is 1. The van der Waals surface area contributed by atoms with Gasteiger partial charge in [0.1, 0.15) is 42.7 Å². The summed E-state index contributed by atoms with van der Waals surface area (Å²) >= 11 is 0. The van der Waals surface area contributed by atoms with Crippen molar-refractivity contribution in [1.82, 2.24) is 0 Å². The molecule has 1 aliphatic carbocycles. The molecule has 0 amide bonds. The number of rotatable bonds is 48. The van der Waals surface area contributed by atoms with Gasteiger partial charge in [0.25, 0.3) is 0 Å². The zero-order valence-corrected chi connectivity index (χ0v) is 45.0. The first-order valence-electron chi connectivity index (χ1n) is 28.1. The van der Waals surface area contributed by atoms with E-state index in [0.29, 0.717) is 13.0 Å². The standard InChI is InChI=1S/C57H103O12P/c1-3-5-7-9-11-13-15-17-19-21-23-25-27-29-31-33-35-37-39-41-43-45-47-66-48-50(49-67-70(64,65)69-57-55(62)53(60)52(59)54(61)56(57)63)68-51(58)46-44-42-40-38-36-34-32-30-28-26-24-22-20-18-16-14-12-10-8-6-4-2/h15-18,21-24,27,29,50,52-57,59-63H,3-14,19-20,25-26,28,30-49H2,1-2H3,(H,64,65)/b17-15-,18-16-,23-21-,24-22-,29-27-. The minimum atomic E-state index is -5.03. The van der Waals surface area contributed by atoms with Gasteiger partial charge in [-0.1, -0.05) is 203 Å². The molecule has 1 rings (SSSR count). The minimum Gasteiger partial charge on any atom is -0.457 e. The summed E-state index contributed by atoms with van der Waals surface area (Å²) in [5.41, 5.74) is 0. The Morgan fingerprint density at radius 3 is 1.21 bits per heavy atom. The second-order valence-corrected chi connectivity index (χ2v) is 20.8. The molecule has 0 radical (unpaired) electrons. The van der Waals surface area contributed by atoms with Crippen LogP contribution in [0.3, 0.4) is 0 Å². The van der Waals surface area contributed by atoms with Crippen LogP contribution in [0.4, 0.5) is 0 Å². The Balaban J connectivity index is 2.32. The highest BCUT2D eigenvalue weighted by Crippen LogP contribution is 2.47. The molecule has 70 heavy (non-hydrogen) atoms. The predicted octanol–water partition coefficient (Wildman–Crippen LogP) is 13.3. The zero-order valence-electron chi connectivity index (χ0n) is 44.1. The number of aliphatic hydroxyl groups excluding tert-OH is 5. The lowest BCUT2D eigenvalue weighted by atomic mass is 9.85. The molecule has 0 spiro atoms. The molecule has 1 aliphatic rings. The van der Waals surface area contributed by atoms with E-state index in [1.807, 2.05) is 0 Å². The average molecular weight is 1010 g/mol. The van der Waals surface area contributed by atoms with Gasteiger partial charge in [-0.2, -0.15) is 0 Å². The molecule has 1 fully saturated rings. The van der Waals surface area contributed by atoms with Gasteiger partial charge in [-0.3, -0.25) is 13.8 Å². The molecule has 6 atom stereocenters. The van der Waals surface area contributed by atoms with Crippen molar-refractivity contribution in [2.45, 2.75) is 275 Å². The molecule has 0 aliphatic heterocycles. The molecule has 408 valence electrons. The number of carbonyl (C=O) groups excluding carboxylic acids is 1. The van der Waals surface area contributed by atoms with Crippen LogP contribution in [0.1, 0.15) is 232 Å². The minimum absolute atomic E-state index is 0.0867. The van der Waals surface area contributed by atoms with Gasteiger partial charge >= 0.3 is 13.8 Å². The first-order chi connectivity index (χ1) is 34.0. The first-order valence-corrected chi connectivity index (χ1v) is 29.6. The molecule has 6 unspecified atom stereocenters. The van der Waals surface area contributed by atoms with Gasteiger partial charge in [-0.25, -0.2) is 4.57 Å². The Kier molecular flexibility index (Phi) is 44.2. The fraction of sp³-hybridized carbons (Fsp3) is 0.807. The third-order valence-corrected chi connectivity index (χ3v) is 13.8. The van der Waals surface area contributed by atoms with Crippen LogP contribution in [-0.4, -0.2) is 98.9 Å². The molecule has 0 aromatic heterocycles. The molecule has 12 nitrogen and oxygen atoms in total. The number of hydrogen-bond acceptors (Lipinski definition) is 11. The Morgan fingerprint density at radius 1 is 0.457 bits per heavy atom. The van der Waals surface area contributed by atoms with Gasteiger partial charge in [0.15, 0.2) is 0 Å². The topological polar surface area (TPSA) is 192 Å². The number of aliphatic hydroxyl groups is 5. The molecule has 0 saturated heterocycles. The van der Waals surface area contributed by atoms with E-state index < -0.39 is 63.1 Å². The van der Waals surface area contributed by atoms with E-state index in [2.05, 4.69) is 74.6 Å². The molecular weight excluding hydrogens is 908 g/mol. The van der Waals surface area contributed by atoms with Crippen LogP contribution in [-0.2, 0) is 27.9 Å². The number of carbonyl (C=O) groups is 1. The Bertz CT molecular complexity index is 1380. The van der Waals surface area contributed by atoms with Gasteiger partial charge in [-0.15, -0.1) is 0 Å². The van der Waals surface area contributed by atoms with Crippen molar-refractivity contribution in [1.29, 1.82) is 0 Å². The number of phosphoric ester groups is 1. The number of unbranched alkanes of at least 4 members (excludes halogenated alkanes) is 26. The van der Waals surface area contributed by atoms with E-state index in [1.165, 1.54) is 128 Å². The van der Waals surface area contributed by atoms with Crippen molar-refractivity contribution in [3.8, 4) is 0 Å². The molecule has 6 N–H and O–H groups in total. The van der Waals surface area contributed by atoms with Gasteiger partial charge in [-0.05, 0) is 83.5 Å². The number of ether oxygens (including phenoxy) is 2. The van der Waals surface area contributed by atoms with Crippen molar-refractivity contribution >= 4 is 13.8 Å². The number of hydrogen-bond donors (Lipinski definition) is 6. The first kappa shape index (κ1) is 66.1. The molecular formula is C57H103O12P. The van der Waals surface area contributed by atoms with E-state index in [-0.39, 0.29) is 13.0 Å². The maximum absolute atomic E-state index is 12.9. The SMILES string of the molecule is CCCCCCC/C=C\C/C=C\C/C=C\CCCCCCCCCOCC(COP(=O)(O)OC1C(O)C(O)C(O)C(O)C1O)OC(=O)CCCCCCCCCCC/C=C\C/C=C\CCCCCCC. The monoisotopic (exact) mass is 1010 g/mol. The highest BCUT2D eigenvalue weighted by molar-refractivity contribution is 7.47. The largest absolute Gasteiger partial charge is 0.472 e. The average Bonchev–Trinajstić information content (AvgIpc) is 3.35. The van der Waals surface area contributed by atoms with Crippen LogP contribution in [0.5, 0.6) is 0 Å². The molecule has 13 heteroatoms. The molecule has 0 aromatic carbocycles. The highest BCUT2D eigenvalue weighted by Gasteiger charge is 2.51. The van der Waals surface area contributed by atoms with Crippen LogP contribution in [0.25, 0.3) is 0 Å². The predicted molar refractivity (Wildman–Crippen MR) is 285 cm³/mol. The lowest BCUT2D eigenvalue weighted by Crippen LogP contribution is -2.64. The van der Waals surface area contributed by atoms with E-state index in [0.717, 1.165) is 77.0 Å². The number of phosphoric acid groups is 1. The third kappa shape index (κ3) is 37.7. The smallest absolute Gasteiger partial charge is 0.457 e. The van der Waals surface area contributed by atoms with Crippen molar-refractivity contribution in [2.24, 2.45) is 0 Å². The highest BCUT2D eigenvalue weighted by atomic mass is 31.2. The fourth-order valence-electron chi connectivity index (χ4n) is 8.39. The molecule has 0 bridgehead atoms. The zero-order chi connectivity index (χ0) is 51.2. The van der Waals surface area contributed by atoms with Crippen LogP contribution in [0.2, 0.25) is 0 Å². The van der Waals surface area contributed by atoms with Crippen LogP contribution >= 0.6 is 7.82 Å². The van der Waals surface area contributed by atoms with Crippen molar-refractivity contribution in [3.05, 3.63) is 60.8 Å². The van der Waals surface area contributed by atoms with Crippen molar-refractivity contribution in [2.75, 3.05) is 19.8 Å². The van der Waals surface area contributed by atoms with E-state index >= 15 is 0 Å². The second kappa shape index (κ2) is 46.8. The van der Waals surface area contributed by atoms with Gasteiger partial charge in [0.2, 0.25) is 0 Å². The normalized spacial score (nSPS) is 21.3. The lowest BCUT2D eigenvalue weighted by Gasteiger charge is -2.41. The van der Waals surface area contributed by atoms with Crippen LogP contribution in [0.15, 0.2) is 60.8 Å². The summed E-state index contributed by atoms with van der Waals surface area (Å²) in [6.07, 6.45) is 48.5. The van der Waals surface area contributed by atoms with Crippen molar-refractivity contribution in [3.63, 3.8) is 0 Å². The maximum Gasteiger partial charge on any atom is 0.472 e. The van der Waals surface area contributed by atoms with Crippen LogP contribution in [0, 0.1) is 0 Å². The van der Waals surface area contributed by atoms with E-state index in [4.69, 9.17) is 18.5 Å². The van der Waals surface area contributed by atoms with Gasteiger partial charge < -0.3 is 39.9 Å². The summed E-state index contributed by atoms with van der Waals surface area (Å²) in [5, 5.41) is 50.4. The Hall–Kier alpha value is -1.96. The van der Waals surface area contributed by atoms with Crippen LogP contribution < -0.4 is 0 Å². The van der Waals surface area contributed by atoms with Crippen molar-refractivity contribution < 1.29 is 58.3 Å². The summed E-state index contributed by atoms with van der Waals surface area (Å²) in [5.74, 6) is -0.485. The quantitative estimate of drug-likeness (QED) is 0.0146. The maximum atomic E-state index is 12.9. The molecule has 0 heterocycles. The van der Waals surface area contributed by atoms with Gasteiger partial charge in [0, 0.05) is 13.0 Å². The summed E-state index contributed by atoms with van der Waals surface area (Å²) in [6.45, 7) is 4.24. The van der Waals surface area contributed by atoms with E-state index in [9.17, 15) is 39.8 Å². The summed E-state index contributed by atoms with van der Waals surface area (Å²) < 4.78 is 34.4. The lowest BCUT2D eigenvalue weighted by molar-refractivity contribution is -0.220. The third-order valence-electron chi connectivity index (χ3n) is 12.9.